The Balaban J connectivity index is 2.57. The van der Waals surface area contributed by atoms with Crippen molar-refractivity contribution in [3.8, 4) is 0 Å². The minimum absolute atomic E-state index is 0.0982. The molecule has 3 amide bonds. The zero-order chi connectivity index (χ0) is 15.3. The fraction of sp³-hybridized carbons (Fsp3) is 0.545. The van der Waals surface area contributed by atoms with Gasteiger partial charge in [-0.05, 0) is 0 Å². The maximum absolute atomic E-state index is 11.7. The van der Waals surface area contributed by atoms with E-state index in [1.165, 1.54) is 0 Å². The Kier molecular flexibility index (Phi) is 5.18. The summed E-state index contributed by atoms with van der Waals surface area (Å²) in [6.45, 7) is -1.65. The van der Waals surface area contributed by atoms with Gasteiger partial charge in [0, 0.05) is 25.8 Å². The smallest absolute Gasteiger partial charge is 0.323 e. The lowest BCUT2D eigenvalue weighted by molar-refractivity contribution is -0.150. The molecule has 110 valence electrons. The summed E-state index contributed by atoms with van der Waals surface area (Å²) in [5.41, 5.74) is 0. The SMILES string of the molecule is O=C(O)CN(CC(=O)O)C(=O)CCN1C(=O)CCC1=O. The van der Waals surface area contributed by atoms with Crippen LogP contribution in [-0.2, 0) is 24.0 Å². The van der Waals surface area contributed by atoms with E-state index in [-0.39, 0.29) is 37.6 Å². The number of aliphatic carboxylic acids is 2. The van der Waals surface area contributed by atoms with Crippen molar-refractivity contribution in [1.82, 2.24) is 9.80 Å². The predicted molar refractivity (Wildman–Crippen MR) is 62.4 cm³/mol. The van der Waals surface area contributed by atoms with Gasteiger partial charge in [0.25, 0.3) is 0 Å². The quantitative estimate of drug-likeness (QED) is 0.545. The number of nitrogens with zero attached hydrogens (tertiary/aromatic N) is 2. The largest absolute Gasteiger partial charge is 0.480 e. The van der Waals surface area contributed by atoms with Crippen molar-refractivity contribution in [3.05, 3.63) is 0 Å². The Hall–Kier alpha value is -2.45. The van der Waals surface area contributed by atoms with Gasteiger partial charge in [-0.3, -0.25) is 28.9 Å². The van der Waals surface area contributed by atoms with Gasteiger partial charge in [-0.25, -0.2) is 0 Å². The Morgan fingerprint density at radius 3 is 1.85 bits per heavy atom. The third kappa shape index (κ3) is 4.34. The lowest BCUT2D eigenvalue weighted by atomic mass is 10.3. The van der Waals surface area contributed by atoms with E-state index in [0.29, 0.717) is 4.90 Å². The lowest BCUT2D eigenvalue weighted by Gasteiger charge is -2.20. The van der Waals surface area contributed by atoms with E-state index < -0.39 is 30.9 Å². The second-order valence-electron chi connectivity index (χ2n) is 4.23. The minimum Gasteiger partial charge on any atom is -0.480 e. The number of hydrogen-bond donors (Lipinski definition) is 2. The molecule has 0 aliphatic carbocycles. The van der Waals surface area contributed by atoms with E-state index in [2.05, 4.69) is 0 Å². The molecule has 0 saturated carbocycles. The van der Waals surface area contributed by atoms with Crippen molar-refractivity contribution in [2.75, 3.05) is 19.6 Å². The fourth-order valence-corrected chi connectivity index (χ4v) is 1.80. The Labute approximate surface area is 113 Å². The van der Waals surface area contributed by atoms with Crippen LogP contribution in [0.4, 0.5) is 0 Å². The first kappa shape index (κ1) is 15.6. The van der Waals surface area contributed by atoms with Crippen molar-refractivity contribution in [2.45, 2.75) is 19.3 Å². The normalized spacial score (nSPS) is 14.5. The molecular weight excluding hydrogens is 272 g/mol. The first-order valence-corrected chi connectivity index (χ1v) is 5.86. The molecule has 1 aliphatic heterocycles. The number of carboxylic acids is 2. The number of hydrogen-bond acceptors (Lipinski definition) is 5. The van der Waals surface area contributed by atoms with Crippen LogP contribution in [0.25, 0.3) is 0 Å². The van der Waals surface area contributed by atoms with Crippen LogP contribution in [0.1, 0.15) is 19.3 Å². The van der Waals surface area contributed by atoms with Crippen molar-refractivity contribution < 1.29 is 34.2 Å². The maximum Gasteiger partial charge on any atom is 0.323 e. The topological polar surface area (TPSA) is 132 Å². The fourth-order valence-electron chi connectivity index (χ4n) is 1.80. The van der Waals surface area contributed by atoms with Crippen LogP contribution in [0.3, 0.4) is 0 Å². The standard InChI is InChI=1S/C11H14N2O7/c14-7(12(5-10(17)18)6-11(19)20)3-4-13-8(15)1-2-9(13)16/h1-6H2,(H,17,18)(H,19,20). The van der Waals surface area contributed by atoms with Gasteiger partial charge < -0.3 is 15.1 Å². The van der Waals surface area contributed by atoms with Crippen LogP contribution >= 0.6 is 0 Å². The first-order chi connectivity index (χ1) is 9.31. The third-order valence-corrected chi connectivity index (χ3v) is 2.71. The number of likely N-dealkylation sites (tertiary alicyclic amines) is 1. The molecule has 0 aromatic heterocycles. The molecule has 2 N–H and O–H groups in total. The average Bonchev–Trinajstić information content (AvgIpc) is 2.64. The van der Waals surface area contributed by atoms with Crippen LogP contribution in [-0.4, -0.2) is 69.3 Å². The molecule has 0 aromatic carbocycles. The summed E-state index contributed by atoms with van der Waals surface area (Å²) < 4.78 is 0. The highest BCUT2D eigenvalue weighted by Crippen LogP contribution is 2.12. The van der Waals surface area contributed by atoms with Gasteiger partial charge in [0.2, 0.25) is 17.7 Å². The summed E-state index contributed by atoms with van der Waals surface area (Å²) in [5, 5.41) is 17.2. The first-order valence-electron chi connectivity index (χ1n) is 5.86. The summed E-state index contributed by atoms with van der Waals surface area (Å²) in [4.78, 5) is 57.0. The molecule has 0 spiro atoms. The summed E-state index contributed by atoms with van der Waals surface area (Å²) >= 11 is 0. The molecular formula is C11H14N2O7. The molecule has 9 heteroatoms. The molecule has 0 atom stereocenters. The highest BCUT2D eigenvalue weighted by molar-refractivity contribution is 6.02. The van der Waals surface area contributed by atoms with Crippen molar-refractivity contribution in [2.24, 2.45) is 0 Å². The Morgan fingerprint density at radius 2 is 1.45 bits per heavy atom. The van der Waals surface area contributed by atoms with Crippen molar-refractivity contribution >= 4 is 29.7 Å². The highest BCUT2D eigenvalue weighted by atomic mass is 16.4. The molecule has 20 heavy (non-hydrogen) atoms. The number of carboxylic acid groups (broad SMARTS) is 2. The van der Waals surface area contributed by atoms with Crippen LogP contribution in [0.2, 0.25) is 0 Å². The highest BCUT2D eigenvalue weighted by Gasteiger charge is 2.29. The zero-order valence-electron chi connectivity index (χ0n) is 10.6. The van der Waals surface area contributed by atoms with Gasteiger partial charge >= 0.3 is 11.9 Å². The van der Waals surface area contributed by atoms with Gasteiger partial charge in [-0.2, -0.15) is 0 Å². The van der Waals surface area contributed by atoms with E-state index in [1.54, 1.807) is 0 Å². The Morgan fingerprint density at radius 1 is 1.00 bits per heavy atom. The minimum atomic E-state index is -1.34. The van der Waals surface area contributed by atoms with E-state index in [1.807, 2.05) is 0 Å². The van der Waals surface area contributed by atoms with Gasteiger partial charge in [-0.1, -0.05) is 0 Å². The molecule has 0 radical (unpaired) electrons. The van der Waals surface area contributed by atoms with Gasteiger partial charge in [-0.15, -0.1) is 0 Å². The molecule has 0 bridgehead atoms. The van der Waals surface area contributed by atoms with Crippen LogP contribution < -0.4 is 0 Å². The molecule has 1 rings (SSSR count). The molecule has 0 unspecified atom stereocenters. The van der Waals surface area contributed by atoms with Crippen LogP contribution in [0.15, 0.2) is 0 Å². The van der Waals surface area contributed by atoms with E-state index >= 15 is 0 Å². The van der Waals surface area contributed by atoms with Gasteiger partial charge in [0.15, 0.2) is 0 Å². The third-order valence-electron chi connectivity index (χ3n) is 2.71. The number of imide groups is 1. The molecule has 9 nitrogen and oxygen atoms in total. The Bertz CT molecular complexity index is 428. The molecule has 1 fully saturated rings. The molecule has 1 saturated heterocycles. The number of carbonyl (C=O) groups excluding carboxylic acids is 3. The van der Waals surface area contributed by atoms with Crippen LogP contribution in [0, 0.1) is 0 Å². The number of amides is 3. The lowest BCUT2D eigenvalue weighted by Crippen LogP contribution is -2.41. The number of rotatable bonds is 7. The van der Waals surface area contributed by atoms with E-state index in [4.69, 9.17) is 10.2 Å². The molecule has 0 aromatic rings. The van der Waals surface area contributed by atoms with Gasteiger partial charge in [0.1, 0.15) is 13.1 Å². The van der Waals surface area contributed by atoms with Crippen molar-refractivity contribution in [3.63, 3.8) is 0 Å². The second-order valence-corrected chi connectivity index (χ2v) is 4.23. The summed E-state index contributed by atoms with van der Waals surface area (Å²) in [7, 11) is 0. The average molecular weight is 286 g/mol. The van der Waals surface area contributed by atoms with Gasteiger partial charge in [0.05, 0.1) is 0 Å². The molecule has 1 aliphatic rings. The summed E-state index contributed by atoms with van der Waals surface area (Å²) in [6, 6.07) is 0. The predicted octanol–water partition coefficient (Wildman–Crippen LogP) is -1.48. The van der Waals surface area contributed by atoms with E-state index in [9.17, 15) is 24.0 Å². The van der Waals surface area contributed by atoms with E-state index in [0.717, 1.165) is 4.90 Å². The number of carbonyl (C=O) groups is 5. The maximum atomic E-state index is 11.7. The van der Waals surface area contributed by atoms with Crippen molar-refractivity contribution in [1.29, 1.82) is 0 Å². The summed E-state index contributed by atoms with van der Waals surface area (Å²) in [5.74, 6) is -4.18. The zero-order valence-corrected chi connectivity index (χ0v) is 10.6. The summed E-state index contributed by atoms with van der Waals surface area (Å²) in [6.07, 6.45) is -0.0972. The molecule has 1 heterocycles. The monoisotopic (exact) mass is 286 g/mol. The van der Waals surface area contributed by atoms with Crippen LogP contribution in [0.5, 0.6) is 0 Å². The second kappa shape index (κ2) is 6.64.